The van der Waals surface area contributed by atoms with E-state index in [1.165, 1.54) is 16.7 Å². The van der Waals surface area contributed by atoms with Crippen molar-refractivity contribution in [3.63, 3.8) is 0 Å². The van der Waals surface area contributed by atoms with Crippen LogP contribution in [0.25, 0.3) is 0 Å². The smallest absolute Gasteiger partial charge is 0.265 e. The second-order valence-electron chi connectivity index (χ2n) is 7.83. The Labute approximate surface area is 207 Å². The molecule has 3 rings (SSSR count). The van der Waals surface area contributed by atoms with Gasteiger partial charge < -0.3 is 15.0 Å². The molecule has 2 aromatic heterocycles. The molecule has 0 spiro atoms. The number of thiazole rings is 1. The third-order valence-electron chi connectivity index (χ3n) is 4.78. The van der Waals surface area contributed by atoms with E-state index in [4.69, 9.17) is 4.74 Å². The topological polar surface area (TPSA) is 102 Å². The fourth-order valence-electron chi connectivity index (χ4n) is 2.99. The second-order valence-corrected chi connectivity index (χ2v) is 9.77. The van der Waals surface area contributed by atoms with Crippen molar-refractivity contribution >= 4 is 40.0 Å². The molecule has 0 atom stereocenters. The summed E-state index contributed by atoms with van der Waals surface area (Å²) in [6, 6.07) is 6.04. The number of carbonyl (C=O) groups is 2. The lowest BCUT2D eigenvalue weighted by molar-refractivity contribution is -0.113. The molecule has 0 saturated carbocycles. The molecule has 0 radical (unpaired) electrons. The summed E-state index contributed by atoms with van der Waals surface area (Å²) in [5.41, 5.74) is 2.74. The number of aromatic nitrogens is 4. The molecule has 2 amide bonds. The number of ether oxygens (including phenoxy) is 1. The number of hydrogen-bond acceptors (Lipinski definition) is 8. The lowest BCUT2D eigenvalue weighted by Gasteiger charge is -2.11. The molecule has 9 nitrogen and oxygen atoms in total. The van der Waals surface area contributed by atoms with E-state index in [-0.39, 0.29) is 24.2 Å². The highest BCUT2D eigenvalue weighted by Gasteiger charge is 2.19. The highest BCUT2D eigenvalue weighted by Crippen LogP contribution is 2.25. The summed E-state index contributed by atoms with van der Waals surface area (Å²) in [7, 11) is 3.36. The van der Waals surface area contributed by atoms with Gasteiger partial charge in [0.15, 0.2) is 16.1 Å². The minimum Gasteiger partial charge on any atom is -0.485 e. The SMILES string of the molecule is C=CCn1c(COc2cc(C)ccc2C)nnc1SCC(=O)Nc1nc(C)c(C(=O)N(C)C)s1. The molecule has 3 aromatic rings. The Morgan fingerprint density at radius 2 is 2.03 bits per heavy atom. The minimum absolute atomic E-state index is 0.114. The first kappa shape index (κ1) is 25.4. The number of aryl methyl sites for hydroxylation is 3. The van der Waals surface area contributed by atoms with E-state index in [9.17, 15) is 9.59 Å². The van der Waals surface area contributed by atoms with Crippen molar-refractivity contribution in [2.45, 2.75) is 39.1 Å². The van der Waals surface area contributed by atoms with Crippen LogP contribution in [0.15, 0.2) is 36.0 Å². The van der Waals surface area contributed by atoms with E-state index in [0.717, 1.165) is 28.2 Å². The number of hydrogen-bond donors (Lipinski definition) is 1. The zero-order valence-electron chi connectivity index (χ0n) is 19.9. The van der Waals surface area contributed by atoms with Gasteiger partial charge in [0.25, 0.3) is 5.91 Å². The second kappa shape index (κ2) is 11.3. The Kier molecular flexibility index (Phi) is 8.46. The van der Waals surface area contributed by atoms with Crippen LogP contribution in [0.3, 0.4) is 0 Å². The molecular weight excluding hydrogens is 472 g/mol. The summed E-state index contributed by atoms with van der Waals surface area (Å²) < 4.78 is 7.85. The number of rotatable bonds is 10. The molecule has 11 heteroatoms. The van der Waals surface area contributed by atoms with Crippen molar-refractivity contribution < 1.29 is 14.3 Å². The summed E-state index contributed by atoms with van der Waals surface area (Å²) in [5, 5.41) is 12.2. The molecule has 0 fully saturated rings. The minimum atomic E-state index is -0.246. The van der Waals surface area contributed by atoms with Crippen molar-refractivity contribution in [3.8, 4) is 5.75 Å². The monoisotopic (exact) mass is 500 g/mol. The van der Waals surface area contributed by atoms with Crippen molar-refractivity contribution in [1.29, 1.82) is 0 Å². The number of benzene rings is 1. The predicted octanol–water partition coefficient (Wildman–Crippen LogP) is 3.86. The van der Waals surface area contributed by atoms with Crippen molar-refractivity contribution in [2.75, 3.05) is 25.2 Å². The lowest BCUT2D eigenvalue weighted by atomic mass is 10.1. The van der Waals surface area contributed by atoms with Crippen LogP contribution in [0.5, 0.6) is 5.75 Å². The third kappa shape index (κ3) is 6.23. The van der Waals surface area contributed by atoms with Crippen LogP contribution in [0, 0.1) is 20.8 Å². The fraction of sp³-hybridized carbons (Fsp3) is 0.348. The molecular formula is C23H28N6O3S2. The zero-order valence-corrected chi connectivity index (χ0v) is 21.5. The number of carbonyl (C=O) groups excluding carboxylic acids is 2. The number of anilines is 1. The van der Waals surface area contributed by atoms with E-state index >= 15 is 0 Å². The van der Waals surface area contributed by atoms with Gasteiger partial charge in [-0.3, -0.25) is 14.2 Å². The molecule has 1 N–H and O–H groups in total. The molecule has 180 valence electrons. The van der Waals surface area contributed by atoms with Gasteiger partial charge in [0.1, 0.15) is 17.2 Å². The summed E-state index contributed by atoms with van der Waals surface area (Å²) in [4.78, 5) is 31.0. The maximum Gasteiger partial charge on any atom is 0.265 e. The largest absolute Gasteiger partial charge is 0.485 e. The van der Waals surface area contributed by atoms with Gasteiger partial charge in [-0.05, 0) is 38.0 Å². The number of nitrogens with one attached hydrogen (secondary N) is 1. The first-order chi connectivity index (χ1) is 16.2. The molecule has 0 aliphatic carbocycles. The van der Waals surface area contributed by atoms with Crippen molar-refractivity contribution in [1.82, 2.24) is 24.6 Å². The number of thioether (sulfide) groups is 1. The predicted molar refractivity (Wildman–Crippen MR) is 135 cm³/mol. The van der Waals surface area contributed by atoms with Crippen LogP contribution in [0.4, 0.5) is 5.13 Å². The Morgan fingerprint density at radius 1 is 1.26 bits per heavy atom. The van der Waals surface area contributed by atoms with Crippen LogP contribution in [-0.4, -0.2) is 56.3 Å². The molecule has 34 heavy (non-hydrogen) atoms. The van der Waals surface area contributed by atoms with Gasteiger partial charge in [-0.25, -0.2) is 4.98 Å². The summed E-state index contributed by atoms with van der Waals surface area (Å²) >= 11 is 2.42. The molecule has 1 aromatic carbocycles. The van der Waals surface area contributed by atoms with Gasteiger partial charge in [-0.15, -0.1) is 16.8 Å². The third-order valence-corrected chi connectivity index (χ3v) is 6.81. The quantitative estimate of drug-likeness (QED) is 0.333. The number of amides is 2. The van der Waals surface area contributed by atoms with Gasteiger partial charge in [-0.2, -0.15) is 0 Å². The Hall–Kier alpha value is -3.18. The van der Waals surface area contributed by atoms with E-state index in [1.54, 1.807) is 27.1 Å². The average molecular weight is 501 g/mol. The van der Waals surface area contributed by atoms with Crippen LogP contribution >= 0.6 is 23.1 Å². The van der Waals surface area contributed by atoms with E-state index in [2.05, 4.69) is 27.1 Å². The molecule has 0 aliphatic rings. The maximum atomic E-state index is 12.5. The van der Waals surface area contributed by atoms with Crippen LogP contribution in [0.2, 0.25) is 0 Å². The van der Waals surface area contributed by atoms with Crippen molar-refractivity contribution in [3.05, 3.63) is 58.4 Å². The number of nitrogens with zero attached hydrogens (tertiary/aromatic N) is 5. The van der Waals surface area contributed by atoms with Gasteiger partial charge in [0.2, 0.25) is 5.91 Å². The van der Waals surface area contributed by atoms with E-state index < -0.39 is 0 Å². The van der Waals surface area contributed by atoms with Crippen LogP contribution in [0.1, 0.15) is 32.3 Å². The normalized spacial score (nSPS) is 10.7. The first-order valence-electron chi connectivity index (χ1n) is 10.5. The Bertz CT molecular complexity index is 1200. The molecule has 2 heterocycles. The fourth-order valence-corrected chi connectivity index (χ4v) is 4.76. The Morgan fingerprint density at radius 3 is 2.74 bits per heavy atom. The van der Waals surface area contributed by atoms with Gasteiger partial charge in [0.05, 0.1) is 11.4 Å². The van der Waals surface area contributed by atoms with Crippen LogP contribution in [-0.2, 0) is 17.9 Å². The van der Waals surface area contributed by atoms with Gasteiger partial charge >= 0.3 is 0 Å². The van der Waals surface area contributed by atoms with Crippen LogP contribution < -0.4 is 10.1 Å². The first-order valence-corrected chi connectivity index (χ1v) is 12.3. The molecule has 0 aliphatic heterocycles. The maximum absolute atomic E-state index is 12.5. The van der Waals surface area contributed by atoms with E-state index in [1.807, 2.05) is 36.6 Å². The summed E-state index contributed by atoms with van der Waals surface area (Å²) in [6.07, 6.45) is 1.75. The Balaban J connectivity index is 1.63. The zero-order chi connectivity index (χ0) is 24.8. The summed E-state index contributed by atoms with van der Waals surface area (Å²) in [6.45, 7) is 10.3. The highest BCUT2D eigenvalue weighted by molar-refractivity contribution is 7.99. The van der Waals surface area contributed by atoms with Gasteiger partial charge in [-0.1, -0.05) is 41.3 Å². The van der Waals surface area contributed by atoms with Gasteiger partial charge in [0, 0.05) is 20.6 Å². The van der Waals surface area contributed by atoms with Crippen molar-refractivity contribution in [2.24, 2.45) is 0 Å². The standard InChI is InChI=1S/C23H28N6O3S2/c1-7-10-29-18(12-32-17-11-14(2)8-9-15(17)3)26-27-23(29)33-13-19(30)25-22-24-16(4)20(34-22)21(31)28(5)6/h7-9,11H,1,10,12-13H2,2-6H3,(H,24,25,30). The molecule has 0 saturated heterocycles. The summed E-state index contributed by atoms with van der Waals surface area (Å²) in [5.74, 6) is 1.17. The molecule has 0 bridgehead atoms. The van der Waals surface area contributed by atoms with E-state index in [0.29, 0.717) is 33.2 Å². The highest BCUT2D eigenvalue weighted by atomic mass is 32.2. The lowest BCUT2D eigenvalue weighted by Crippen LogP contribution is -2.21. The average Bonchev–Trinajstić information content (AvgIpc) is 3.35. The molecule has 0 unspecified atom stereocenters. The number of allylic oxidation sites excluding steroid dienone is 1.